The Morgan fingerprint density at radius 3 is 2.79 bits per heavy atom. The van der Waals surface area contributed by atoms with Crippen LogP contribution in [-0.4, -0.2) is 35.4 Å². The first-order valence-corrected chi connectivity index (χ1v) is 9.77. The van der Waals surface area contributed by atoms with E-state index >= 15 is 0 Å². The Labute approximate surface area is 165 Å². The van der Waals surface area contributed by atoms with Gasteiger partial charge in [0.05, 0.1) is 12.1 Å². The van der Waals surface area contributed by atoms with Gasteiger partial charge in [-0.25, -0.2) is 9.37 Å². The number of aromatic nitrogens is 1. The van der Waals surface area contributed by atoms with Crippen LogP contribution in [-0.2, 0) is 32.1 Å². The molecule has 2 heterocycles. The molecule has 1 unspecified atom stereocenters. The monoisotopic (exact) mass is 405 g/mol. The zero-order valence-corrected chi connectivity index (χ0v) is 16.1. The number of hydrogen-bond donors (Lipinski definition) is 1. The van der Waals surface area contributed by atoms with Crippen molar-refractivity contribution in [3.63, 3.8) is 0 Å². The molecule has 1 aliphatic heterocycles. The van der Waals surface area contributed by atoms with Crippen LogP contribution < -0.4 is 10.2 Å². The number of carbonyl (C=O) groups excluding carboxylic acids is 3. The van der Waals surface area contributed by atoms with Crippen molar-refractivity contribution >= 4 is 34.3 Å². The summed E-state index contributed by atoms with van der Waals surface area (Å²) in [5.74, 6) is -1.33. The quantitative estimate of drug-likeness (QED) is 0.714. The van der Waals surface area contributed by atoms with Crippen LogP contribution in [0.2, 0.25) is 0 Å². The number of ether oxygens (including phenoxy) is 1. The van der Waals surface area contributed by atoms with Crippen molar-refractivity contribution in [1.82, 2.24) is 10.3 Å². The third kappa shape index (κ3) is 5.13. The van der Waals surface area contributed by atoms with E-state index in [1.165, 1.54) is 30.4 Å². The highest BCUT2D eigenvalue weighted by molar-refractivity contribution is 7.14. The number of benzene rings is 1. The molecule has 1 saturated heterocycles. The predicted octanol–water partition coefficient (Wildman–Crippen LogP) is 2.20. The lowest BCUT2D eigenvalue weighted by atomic mass is 10.2. The van der Waals surface area contributed by atoms with Crippen molar-refractivity contribution in [1.29, 1.82) is 0 Å². The number of amides is 2. The minimum absolute atomic E-state index is 0.0370. The van der Waals surface area contributed by atoms with Gasteiger partial charge < -0.3 is 10.1 Å². The lowest BCUT2D eigenvalue weighted by Crippen LogP contribution is -2.35. The topological polar surface area (TPSA) is 88.6 Å². The molecule has 7 nitrogen and oxygen atoms in total. The number of anilines is 1. The van der Waals surface area contributed by atoms with Crippen LogP contribution in [0.25, 0.3) is 0 Å². The number of rotatable bonds is 7. The fourth-order valence-electron chi connectivity index (χ4n) is 2.73. The summed E-state index contributed by atoms with van der Waals surface area (Å²) >= 11 is 1.30. The minimum atomic E-state index is -0.966. The largest absolute Gasteiger partial charge is 0.452 e. The summed E-state index contributed by atoms with van der Waals surface area (Å²) in [6.07, 6.45) is 0.280. The molecule has 9 heteroatoms. The summed E-state index contributed by atoms with van der Waals surface area (Å²) in [5.41, 5.74) is 1.24. The minimum Gasteiger partial charge on any atom is -0.452 e. The van der Waals surface area contributed by atoms with Crippen molar-refractivity contribution in [2.45, 2.75) is 38.8 Å². The first-order chi connectivity index (χ1) is 13.4. The van der Waals surface area contributed by atoms with Crippen LogP contribution in [0.4, 0.5) is 9.52 Å². The van der Waals surface area contributed by atoms with Gasteiger partial charge in [0.1, 0.15) is 5.82 Å². The second kappa shape index (κ2) is 8.92. The number of nitrogens with one attached hydrogen (secondary N) is 1. The smallest absolute Gasteiger partial charge is 0.312 e. The third-order valence-corrected chi connectivity index (χ3v) is 5.14. The number of thiazole rings is 1. The van der Waals surface area contributed by atoms with Gasteiger partial charge in [-0.05, 0) is 31.0 Å². The first-order valence-electron chi connectivity index (χ1n) is 8.89. The van der Waals surface area contributed by atoms with Gasteiger partial charge in [0, 0.05) is 24.9 Å². The molecule has 1 fully saturated rings. The number of esters is 1. The molecular formula is C19H20FN3O4S. The summed E-state index contributed by atoms with van der Waals surface area (Å²) in [7, 11) is 0. The van der Waals surface area contributed by atoms with Crippen molar-refractivity contribution < 1.29 is 23.5 Å². The molecule has 2 aromatic rings. The van der Waals surface area contributed by atoms with Gasteiger partial charge in [-0.2, -0.15) is 0 Å². The number of halogens is 1. The molecule has 0 bridgehead atoms. The second-order valence-corrected chi connectivity index (χ2v) is 7.26. The molecule has 0 spiro atoms. The Morgan fingerprint density at radius 1 is 1.36 bits per heavy atom. The second-order valence-electron chi connectivity index (χ2n) is 6.42. The van der Waals surface area contributed by atoms with Crippen molar-refractivity contribution in [2.75, 3.05) is 11.4 Å². The molecule has 1 aliphatic rings. The summed E-state index contributed by atoms with van der Waals surface area (Å²) in [6.45, 7) is 2.33. The van der Waals surface area contributed by atoms with Crippen molar-refractivity contribution in [2.24, 2.45) is 0 Å². The molecule has 3 rings (SSSR count). The van der Waals surface area contributed by atoms with Gasteiger partial charge in [-0.15, -0.1) is 11.3 Å². The molecule has 1 atom stereocenters. The molecule has 148 valence electrons. The number of hydrogen-bond acceptors (Lipinski definition) is 6. The van der Waals surface area contributed by atoms with E-state index in [1.54, 1.807) is 22.4 Å². The fraction of sp³-hybridized carbons (Fsp3) is 0.368. The highest BCUT2D eigenvalue weighted by Gasteiger charge is 2.25. The standard InChI is InChI=1S/C19H20FN3O4S/c1-12(18(26)21-10-13-4-6-14(20)7-5-13)27-17(25)9-15-11-28-19(22-15)23-8-2-3-16(23)24/h4-7,11-12H,2-3,8-10H2,1H3,(H,21,26). The van der Waals surface area contributed by atoms with E-state index in [-0.39, 0.29) is 24.7 Å². The SMILES string of the molecule is CC(OC(=O)Cc1csc(N2CCCC2=O)n1)C(=O)NCc1ccc(F)cc1. The Hall–Kier alpha value is -2.81. The molecule has 1 N–H and O–H groups in total. The van der Waals surface area contributed by atoms with Gasteiger partial charge in [0.2, 0.25) is 5.91 Å². The van der Waals surface area contributed by atoms with Gasteiger partial charge in [-0.3, -0.25) is 19.3 Å². The van der Waals surface area contributed by atoms with Crippen molar-refractivity contribution in [3.05, 3.63) is 46.7 Å². The highest BCUT2D eigenvalue weighted by Crippen LogP contribution is 2.25. The van der Waals surface area contributed by atoms with Gasteiger partial charge in [-0.1, -0.05) is 12.1 Å². The normalized spacial score (nSPS) is 14.8. The van der Waals surface area contributed by atoms with E-state index in [0.717, 1.165) is 12.0 Å². The molecule has 2 amide bonds. The van der Waals surface area contributed by atoms with E-state index in [2.05, 4.69) is 10.3 Å². The maximum Gasteiger partial charge on any atom is 0.312 e. The van der Waals surface area contributed by atoms with Crippen LogP contribution in [0, 0.1) is 5.82 Å². The van der Waals surface area contributed by atoms with Gasteiger partial charge >= 0.3 is 5.97 Å². The zero-order valence-electron chi connectivity index (χ0n) is 15.3. The van der Waals surface area contributed by atoms with E-state index in [9.17, 15) is 18.8 Å². The van der Waals surface area contributed by atoms with Crippen LogP contribution in [0.5, 0.6) is 0 Å². The number of nitrogens with zero attached hydrogens (tertiary/aromatic N) is 2. The highest BCUT2D eigenvalue weighted by atomic mass is 32.1. The van der Waals surface area contributed by atoms with Crippen LogP contribution in [0.15, 0.2) is 29.6 Å². The summed E-state index contributed by atoms with van der Waals surface area (Å²) in [5, 5.41) is 4.93. The van der Waals surface area contributed by atoms with Crippen LogP contribution in [0.3, 0.4) is 0 Å². The van der Waals surface area contributed by atoms with E-state index in [0.29, 0.717) is 23.8 Å². The molecule has 1 aromatic heterocycles. The van der Waals surface area contributed by atoms with Crippen LogP contribution in [0.1, 0.15) is 31.0 Å². The maximum absolute atomic E-state index is 12.9. The van der Waals surface area contributed by atoms with Gasteiger partial charge in [0.25, 0.3) is 5.91 Å². The maximum atomic E-state index is 12.9. The average molecular weight is 405 g/mol. The van der Waals surface area contributed by atoms with Crippen LogP contribution >= 0.6 is 11.3 Å². The zero-order chi connectivity index (χ0) is 20.1. The first kappa shape index (κ1) is 19.9. The Morgan fingerprint density at radius 2 is 2.11 bits per heavy atom. The molecule has 0 saturated carbocycles. The third-order valence-electron chi connectivity index (χ3n) is 4.23. The summed E-state index contributed by atoms with van der Waals surface area (Å²) in [4.78, 5) is 41.8. The Kier molecular flexibility index (Phi) is 6.35. The van der Waals surface area contributed by atoms with E-state index in [4.69, 9.17) is 4.74 Å². The number of carbonyl (C=O) groups is 3. The van der Waals surface area contributed by atoms with E-state index < -0.39 is 18.0 Å². The van der Waals surface area contributed by atoms with E-state index in [1.807, 2.05) is 0 Å². The molecular weight excluding hydrogens is 385 g/mol. The Balaban J connectivity index is 1.46. The summed E-state index contributed by atoms with van der Waals surface area (Å²) in [6, 6.07) is 5.75. The fourth-order valence-corrected chi connectivity index (χ4v) is 3.60. The molecule has 28 heavy (non-hydrogen) atoms. The van der Waals surface area contributed by atoms with Crippen molar-refractivity contribution in [3.8, 4) is 0 Å². The lowest BCUT2D eigenvalue weighted by Gasteiger charge is -2.13. The Bertz CT molecular complexity index is 868. The molecule has 0 aliphatic carbocycles. The predicted molar refractivity (Wildman–Crippen MR) is 101 cm³/mol. The average Bonchev–Trinajstić information content (AvgIpc) is 3.29. The van der Waals surface area contributed by atoms with Gasteiger partial charge in [0.15, 0.2) is 11.2 Å². The summed E-state index contributed by atoms with van der Waals surface area (Å²) < 4.78 is 18.0. The lowest BCUT2D eigenvalue weighted by molar-refractivity contribution is -0.154. The molecule has 0 radical (unpaired) electrons. The molecule has 1 aromatic carbocycles.